The minimum absolute atomic E-state index is 0.0734. The molecule has 0 bridgehead atoms. The van der Waals surface area contributed by atoms with Crippen LogP contribution in [0.5, 0.6) is 0 Å². The Morgan fingerprint density at radius 3 is 2.52 bits per heavy atom. The normalized spacial score (nSPS) is 21.7. The van der Waals surface area contributed by atoms with Gasteiger partial charge in [0.1, 0.15) is 4.90 Å². The number of halogens is 1. The lowest BCUT2D eigenvalue weighted by molar-refractivity contribution is 0.0933. The van der Waals surface area contributed by atoms with Crippen LogP contribution in [0.4, 0.5) is 0 Å². The Balaban J connectivity index is 1.69. The van der Waals surface area contributed by atoms with Crippen molar-refractivity contribution in [2.24, 2.45) is 0 Å². The summed E-state index contributed by atoms with van der Waals surface area (Å²) in [6, 6.07) is 4.53. The Labute approximate surface area is 166 Å². The Bertz CT molecular complexity index is 755. The number of carbonyl (C=O) groups excluding carboxylic acids is 1. The number of nitrogens with one attached hydrogen (secondary N) is 2. The lowest BCUT2D eigenvalue weighted by Gasteiger charge is -2.17. The van der Waals surface area contributed by atoms with Gasteiger partial charge in [-0.15, -0.1) is 0 Å². The van der Waals surface area contributed by atoms with Crippen LogP contribution in [0.3, 0.4) is 0 Å². The minimum atomic E-state index is -3.82. The van der Waals surface area contributed by atoms with E-state index in [1.807, 2.05) is 0 Å². The van der Waals surface area contributed by atoms with Gasteiger partial charge in [-0.1, -0.05) is 37.3 Å². The van der Waals surface area contributed by atoms with Crippen LogP contribution in [-0.4, -0.2) is 39.6 Å². The Kier molecular flexibility index (Phi) is 7.14. The van der Waals surface area contributed by atoms with Crippen LogP contribution in [0.15, 0.2) is 23.1 Å². The highest BCUT2D eigenvalue weighted by atomic mass is 35.5. The minimum Gasteiger partial charge on any atom is -0.377 e. The van der Waals surface area contributed by atoms with E-state index in [-0.39, 0.29) is 34.5 Å². The van der Waals surface area contributed by atoms with Gasteiger partial charge in [-0.3, -0.25) is 4.79 Å². The number of benzene rings is 1. The van der Waals surface area contributed by atoms with Crippen molar-refractivity contribution in [1.82, 2.24) is 10.0 Å². The summed E-state index contributed by atoms with van der Waals surface area (Å²) in [7, 11) is -3.82. The zero-order valence-corrected chi connectivity index (χ0v) is 16.9. The van der Waals surface area contributed by atoms with Gasteiger partial charge in [-0.25, -0.2) is 13.1 Å². The molecule has 1 atom stereocenters. The van der Waals surface area contributed by atoms with E-state index in [0.717, 1.165) is 38.5 Å². The van der Waals surface area contributed by atoms with Gasteiger partial charge in [0.05, 0.1) is 11.1 Å². The third kappa shape index (κ3) is 5.67. The van der Waals surface area contributed by atoms with Gasteiger partial charge in [0.15, 0.2) is 0 Å². The van der Waals surface area contributed by atoms with Gasteiger partial charge < -0.3 is 10.1 Å². The number of ether oxygens (including phenoxy) is 1. The lowest BCUT2D eigenvalue weighted by atomic mass is 10.1. The molecule has 0 spiro atoms. The molecule has 0 radical (unpaired) electrons. The summed E-state index contributed by atoms with van der Waals surface area (Å²) in [5, 5.41) is 3.13. The standard InChI is InChI=1S/C19H27ClN2O4S/c20-17-10-9-14(19(23)22-15-6-3-1-2-4-7-15)12-18(17)27(24,25)21-13-16-8-5-11-26-16/h9-10,12,15-16,21H,1-8,11,13H2,(H,22,23). The average molecular weight is 415 g/mol. The first-order chi connectivity index (χ1) is 13.0. The maximum absolute atomic E-state index is 12.6. The summed E-state index contributed by atoms with van der Waals surface area (Å²) in [4.78, 5) is 12.5. The molecule has 150 valence electrons. The molecule has 1 aliphatic heterocycles. The largest absolute Gasteiger partial charge is 0.377 e. The molecule has 2 aliphatic rings. The molecule has 0 aromatic heterocycles. The van der Waals surface area contributed by atoms with Crippen LogP contribution in [0, 0.1) is 0 Å². The molecule has 8 heteroatoms. The molecular formula is C19H27ClN2O4S. The summed E-state index contributed by atoms with van der Waals surface area (Å²) >= 11 is 6.11. The molecule has 1 heterocycles. The number of amides is 1. The second-order valence-electron chi connectivity index (χ2n) is 7.29. The highest BCUT2D eigenvalue weighted by Gasteiger charge is 2.24. The van der Waals surface area contributed by atoms with Crippen LogP contribution in [0.2, 0.25) is 5.02 Å². The number of sulfonamides is 1. The molecular weight excluding hydrogens is 388 g/mol. The topological polar surface area (TPSA) is 84.5 Å². The first kappa shape index (κ1) is 20.6. The van der Waals surface area contributed by atoms with Gasteiger partial charge in [-0.05, 0) is 43.9 Å². The Morgan fingerprint density at radius 2 is 1.85 bits per heavy atom. The third-order valence-corrected chi connectivity index (χ3v) is 7.10. The number of hydrogen-bond acceptors (Lipinski definition) is 4. The van der Waals surface area contributed by atoms with Crippen LogP contribution in [0.1, 0.15) is 61.7 Å². The van der Waals surface area contributed by atoms with Crippen molar-refractivity contribution >= 4 is 27.5 Å². The van der Waals surface area contributed by atoms with Crippen LogP contribution in [0.25, 0.3) is 0 Å². The number of rotatable bonds is 6. The van der Waals surface area contributed by atoms with Crippen molar-refractivity contribution in [2.45, 2.75) is 68.4 Å². The summed E-state index contributed by atoms with van der Waals surface area (Å²) < 4.78 is 33.3. The van der Waals surface area contributed by atoms with E-state index in [4.69, 9.17) is 16.3 Å². The Hall–Kier alpha value is -1.15. The van der Waals surface area contributed by atoms with E-state index in [9.17, 15) is 13.2 Å². The molecule has 6 nitrogen and oxygen atoms in total. The molecule has 1 amide bonds. The first-order valence-electron chi connectivity index (χ1n) is 9.67. The Morgan fingerprint density at radius 1 is 1.11 bits per heavy atom. The van der Waals surface area contributed by atoms with Gasteiger partial charge >= 0.3 is 0 Å². The van der Waals surface area contributed by atoms with Crippen molar-refractivity contribution in [2.75, 3.05) is 13.2 Å². The SMILES string of the molecule is O=C(NC1CCCCCC1)c1ccc(Cl)c(S(=O)(=O)NCC2CCCO2)c1. The second-order valence-corrected chi connectivity index (χ2v) is 9.44. The number of hydrogen-bond donors (Lipinski definition) is 2. The first-order valence-corrected chi connectivity index (χ1v) is 11.5. The summed E-state index contributed by atoms with van der Waals surface area (Å²) in [5.74, 6) is -0.255. The maximum atomic E-state index is 12.6. The molecule has 3 rings (SSSR count). The van der Waals surface area contributed by atoms with Crippen molar-refractivity contribution in [3.63, 3.8) is 0 Å². The van der Waals surface area contributed by atoms with Crippen molar-refractivity contribution in [3.8, 4) is 0 Å². The van der Waals surface area contributed by atoms with E-state index in [0.29, 0.717) is 12.2 Å². The molecule has 1 unspecified atom stereocenters. The zero-order valence-electron chi connectivity index (χ0n) is 15.4. The fourth-order valence-electron chi connectivity index (χ4n) is 3.63. The highest BCUT2D eigenvalue weighted by molar-refractivity contribution is 7.89. The summed E-state index contributed by atoms with van der Waals surface area (Å²) in [5.41, 5.74) is 0.307. The van der Waals surface area contributed by atoms with E-state index in [1.165, 1.54) is 25.0 Å². The fraction of sp³-hybridized carbons (Fsp3) is 0.632. The van der Waals surface area contributed by atoms with E-state index in [2.05, 4.69) is 10.0 Å². The molecule has 1 saturated carbocycles. The van der Waals surface area contributed by atoms with Crippen molar-refractivity contribution in [3.05, 3.63) is 28.8 Å². The quantitative estimate of drug-likeness (QED) is 0.700. The molecule has 27 heavy (non-hydrogen) atoms. The molecule has 2 fully saturated rings. The van der Waals surface area contributed by atoms with Crippen LogP contribution >= 0.6 is 11.6 Å². The predicted octanol–water partition coefficient (Wildman–Crippen LogP) is 3.25. The predicted molar refractivity (Wildman–Crippen MR) is 105 cm³/mol. The van der Waals surface area contributed by atoms with Gasteiger partial charge in [0.25, 0.3) is 5.91 Å². The van der Waals surface area contributed by atoms with E-state index < -0.39 is 10.0 Å². The average Bonchev–Trinajstić information content (AvgIpc) is 3.04. The van der Waals surface area contributed by atoms with Crippen LogP contribution in [-0.2, 0) is 14.8 Å². The monoisotopic (exact) mass is 414 g/mol. The van der Waals surface area contributed by atoms with Crippen molar-refractivity contribution in [1.29, 1.82) is 0 Å². The molecule has 2 N–H and O–H groups in total. The van der Waals surface area contributed by atoms with Gasteiger partial charge in [0, 0.05) is 24.8 Å². The van der Waals surface area contributed by atoms with Crippen molar-refractivity contribution < 1.29 is 17.9 Å². The van der Waals surface area contributed by atoms with E-state index in [1.54, 1.807) is 6.07 Å². The summed E-state index contributed by atoms with van der Waals surface area (Å²) in [6.07, 6.45) is 8.21. The second kappa shape index (κ2) is 9.37. The summed E-state index contributed by atoms with van der Waals surface area (Å²) in [6.45, 7) is 0.862. The smallest absolute Gasteiger partial charge is 0.251 e. The lowest BCUT2D eigenvalue weighted by Crippen LogP contribution is -2.35. The van der Waals surface area contributed by atoms with Crippen LogP contribution < -0.4 is 10.0 Å². The van der Waals surface area contributed by atoms with Gasteiger partial charge in [-0.2, -0.15) is 0 Å². The number of carbonyl (C=O) groups is 1. The third-order valence-electron chi connectivity index (χ3n) is 5.20. The fourth-order valence-corrected chi connectivity index (χ4v) is 5.22. The molecule has 1 aromatic carbocycles. The molecule has 1 saturated heterocycles. The van der Waals surface area contributed by atoms with E-state index >= 15 is 0 Å². The molecule has 1 aromatic rings. The molecule has 1 aliphatic carbocycles. The zero-order chi connectivity index (χ0) is 19.3. The van der Waals surface area contributed by atoms with Gasteiger partial charge in [0.2, 0.25) is 10.0 Å². The maximum Gasteiger partial charge on any atom is 0.251 e. The highest BCUT2D eigenvalue weighted by Crippen LogP contribution is 2.24.